The summed E-state index contributed by atoms with van der Waals surface area (Å²) in [4.78, 5) is 0. The van der Waals surface area contributed by atoms with Gasteiger partial charge in [-0.3, -0.25) is 0 Å². The minimum Gasteiger partial charge on any atom is -0.327 e. The topological polar surface area (TPSA) is 26.0 Å². The maximum absolute atomic E-state index is 5.00. The predicted molar refractivity (Wildman–Crippen MR) is 27.2 cm³/mol. The molecular weight excluding hydrogens is 82.1 g/mol. The van der Waals surface area contributed by atoms with E-state index in [1.54, 1.807) is 11.5 Å². The smallest absolute Gasteiger partial charge is 0.0114 e. The molecule has 0 fully saturated rings. The van der Waals surface area contributed by atoms with Gasteiger partial charge >= 0.3 is 0 Å². The first-order valence-corrected chi connectivity index (χ1v) is 1.92. The quantitative estimate of drug-likeness (QED) is 0.446. The first-order valence-electron chi connectivity index (χ1n) is 1.41. The van der Waals surface area contributed by atoms with Crippen LogP contribution in [-0.2, 0) is 0 Å². The minimum atomic E-state index is 0.587. The first-order chi connectivity index (χ1) is 2.41. The summed E-state index contributed by atoms with van der Waals surface area (Å²) in [6.07, 6.45) is 1.77. The molecule has 0 saturated heterocycles. The van der Waals surface area contributed by atoms with Crippen molar-refractivity contribution in [2.75, 3.05) is 6.54 Å². The van der Waals surface area contributed by atoms with Crippen LogP contribution >= 0.6 is 12.6 Å². The lowest BCUT2D eigenvalue weighted by Gasteiger charge is -1.66. The zero-order valence-corrected chi connectivity index (χ0v) is 3.78. The molecule has 0 aliphatic heterocycles. The summed E-state index contributed by atoms with van der Waals surface area (Å²) < 4.78 is 0. The molecule has 0 aromatic rings. The third-order valence-electron chi connectivity index (χ3n) is 0.241. The summed E-state index contributed by atoms with van der Waals surface area (Å²) in [6, 6.07) is 0. The fourth-order valence-electron chi connectivity index (χ4n) is 0.0609. The second-order valence-electron chi connectivity index (χ2n) is 0.620. The maximum atomic E-state index is 5.00. The second-order valence-corrected chi connectivity index (χ2v) is 0.919. The Morgan fingerprint density at radius 2 is 2.40 bits per heavy atom. The lowest BCUT2D eigenvalue weighted by molar-refractivity contribution is 1.26. The van der Waals surface area contributed by atoms with Crippen LogP contribution in [0.15, 0.2) is 11.5 Å². The Morgan fingerprint density at radius 1 is 1.80 bits per heavy atom. The fourth-order valence-corrected chi connectivity index (χ4v) is 0.183. The molecule has 0 spiro atoms. The van der Waals surface area contributed by atoms with Crippen molar-refractivity contribution in [3.05, 3.63) is 11.5 Å². The van der Waals surface area contributed by atoms with Crippen molar-refractivity contribution in [2.45, 2.75) is 0 Å². The molecule has 0 aliphatic rings. The molecule has 0 saturated carbocycles. The van der Waals surface area contributed by atoms with Gasteiger partial charge in [0.05, 0.1) is 0 Å². The molecule has 30 valence electrons. The average molecular weight is 89.2 g/mol. The van der Waals surface area contributed by atoms with Crippen LogP contribution in [0, 0.1) is 0 Å². The summed E-state index contributed by atoms with van der Waals surface area (Å²) in [5.74, 6) is 0. The number of thiol groups is 1. The summed E-state index contributed by atoms with van der Waals surface area (Å²) in [5.41, 5.74) is 5.00. The van der Waals surface area contributed by atoms with Gasteiger partial charge in [-0.05, 0) is 5.41 Å². The van der Waals surface area contributed by atoms with Gasteiger partial charge in [-0.2, -0.15) is 12.6 Å². The van der Waals surface area contributed by atoms with Crippen LogP contribution in [0.5, 0.6) is 0 Å². The highest BCUT2D eigenvalue weighted by Crippen LogP contribution is 1.69. The Morgan fingerprint density at radius 3 is 2.40 bits per heavy atom. The van der Waals surface area contributed by atoms with Crippen molar-refractivity contribution in [2.24, 2.45) is 5.73 Å². The predicted octanol–water partition coefficient (Wildman–Crippen LogP) is 0.389. The van der Waals surface area contributed by atoms with E-state index in [2.05, 4.69) is 12.6 Å². The van der Waals surface area contributed by atoms with Crippen LogP contribution in [0.25, 0.3) is 0 Å². The number of nitrogens with two attached hydrogens (primary N) is 1. The summed E-state index contributed by atoms with van der Waals surface area (Å²) in [7, 11) is 0. The zero-order valence-electron chi connectivity index (χ0n) is 2.89. The molecule has 5 heavy (non-hydrogen) atoms. The van der Waals surface area contributed by atoms with Gasteiger partial charge in [0, 0.05) is 6.54 Å². The standard InChI is InChI=1S/C3H7NS/c4-2-1-3-5/h1,3,5H,2,4H2. The molecule has 2 N–H and O–H groups in total. The van der Waals surface area contributed by atoms with Crippen LogP contribution in [0.1, 0.15) is 0 Å². The van der Waals surface area contributed by atoms with E-state index in [9.17, 15) is 0 Å². The van der Waals surface area contributed by atoms with Gasteiger partial charge in [0.25, 0.3) is 0 Å². The third-order valence-corrected chi connectivity index (χ3v) is 0.452. The van der Waals surface area contributed by atoms with E-state index in [4.69, 9.17) is 5.73 Å². The summed E-state index contributed by atoms with van der Waals surface area (Å²) in [5, 5.41) is 1.62. The van der Waals surface area contributed by atoms with Gasteiger partial charge < -0.3 is 5.73 Å². The molecule has 2 heteroatoms. The Kier molecular flexibility index (Phi) is 4.09. The van der Waals surface area contributed by atoms with Crippen LogP contribution in [0.3, 0.4) is 0 Å². The average Bonchev–Trinajstić information content (AvgIpc) is 1.41. The maximum Gasteiger partial charge on any atom is 0.0114 e. The number of rotatable bonds is 1. The molecule has 0 atom stereocenters. The van der Waals surface area contributed by atoms with Crippen LogP contribution in [0.2, 0.25) is 0 Å². The van der Waals surface area contributed by atoms with Crippen molar-refractivity contribution >= 4 is 12.6 Å². The van der Waals surface area contributed by atoms with Crippen molar-refractivity contribution in [1.82, 2.24) is 0 Å². The van der Waals surface area contributed by atoms with E-state index < -0.39 is 0 Å². The highest BCUT2D eigenvalue weighted by Gasteiger charge is 1.51. The monoisotopic (exact) mass is 89.0 g/mol. The fraction of sp³-hybridized carbons (Fsp3) is 0.333. The van der Waals surface area contributed by atoms with Crippen molar-refractivity contribution in [3.8, 4) is 0 Å². The molecule has 0 aromatic heterocycles. The molecule has 0 radical (unpaired) electrons. The Bertz CT molecular complexity index is 33.9. The van der Waals surface area contributed by atoms with Gasteiger partial charge in [-0.25, -0.2) is 0 Å². The van der Waals surface area contributed by atoms with Crippen molar-refractivity contribution < 1.29 is 0 Å². The van der Waals surface area contributed by atoms with E-state index >= 15 is 0 Å². The highest BCUT2D eigenvalue weighted by atomic mass is 32.1. The molecule has 0 unspecified atom stereocenters. The molecule has 0 aliphatic carbocycles. The third kappa shape index (κ3) is 4.05. The Balaban J connectivity index is 2.62. The van der Waals surface area contributed by atoms with Gasteiger partial charge in [0.1, 0.15) is 0 Å². The molecule has 1 nitrogen and oxygen atoms in total. The SMILES string of the molecule is NCC=CS. The van der Waals surface area contributed by atoms with Crippen LogP contribution in [-0.4, -0.2) is 6.54 Å². The second kappa shape index (κ2) is 4.05. The molecule has 0 heterocycles. The Hall–Kier alpha value is 0.0500. The Labute approximate surface area is 37.3 Å². The van der Waals surface area contributed by atoms with E-state index in [0.29, 0.717) is 6.54 Å². The normalized spacial score (nSPS) is 10.0. The van der Waals surface area contributed by atoms with E-state index in [1.165, 1.54) is 0 Å². The lowest BCUT2D eigenvalue weighted by atomic mass is 10.7. The van der Waals surface area contributed by atoms with Gasteiger partial charge in [0.15, 0.2) is 0 Å². The van der Waals surface area contributed by atoms with Gasteiger partial charge in [-0.15, -0.1) is 0 Å². The highest BCUT2D eigenvalue weighted by molar-refractivity contribution is 7.83. The lowest BCUT2D eigenvalue weighted by Crippen LogP contribution is -1.90. The van der Waals surface area contributed by atoms with E-state index in [1.807, 2.05) is 0 Å². The number of hydrogen-bond donors (Lipinski definition) is 2. The van der Waals surface area contributed by atoms with Crippen molar-refractivity contribution in [3.63, 3.8) is 0 Å². The van der Waals surface area contributed by atoms with Gasteiger partial charge in [-0.1, -0.05) is 6.08 Å². The molecular formula is C3H7NS. The first kappa shape index (κ1) is 5.05. The van der Waals surface area contributed by atoms with Gasteiger partial charge in [0.2, 0.25) is 0 Å². The van der Waals surface area contributed by atoms with Crippen molar-refractivity contribution in [1.29, 1.82) is 0 Å². The molecule has 0 rings (SSSR count). The minimum absolute atomic E-state index is 0.587. The summed E-state index contributed by atoms with van der Waals surface area (Å²) in [6.45, 7) is 0.587. The van der Waals surface area contributed by atoms with E-state index in [-0.39, 0.29) is 0 Å². The zero-order chi connectivity index (χ0) is 4.12. The largest absolute Gasteiger partial charge is 0.327 e. The number of hydrogen-bond acceptors (Lipinski definition) is 2. The molecule has 0 aromatic carbocycles. The molecule has 0 bridgehead atoms. The molecule has 0 amide bonds. The van der Waals surface area contributed by atoms with Crippen LogP contribution < -0.4 is 5.73 Å². The van der Waals surface area contributed by atoms with Crippen LogP contribution in [0.4, 0.5) is 0 Å². The van der Waals surface area contributed by atoms with E-state index in [0.717, 1.165) is 0 Å². The summed E-state index contributed by atoms with van der Waals surface area (Å²) >= 11 is 3.74.